The standard InChI is InChI=1S/C22H24N2O6/c1-3-12-7-14(15-9-24-18(26)6-11(15)2)8-13(19(12)23)4-5-16-20(27)22(29)21(28)17(10-25)30-16/h3,6-9,16-17,20-22,25,27-29H,1,10,23H2,2H3,(H,24,26)/t16?,17?,20?,21-,22?/m1/s1. The summed E-state index contributed by atoms with van der Waals surface area (Å²) in [5.41, 5.74) is 9.73. The third-order valence-electron chi connectivity index (χ3n) is 5.12. The lowest BCUT2D eigenvalue weighted by Crippen LogP contribution is -2.58. The maximum absolute atomic E-state index is 11.5. The Morgan fingerprint density at radius 2 is 1.97 bits per heavy atom. The molecule has 1 aromatic heterocycles. The third kappa shape index (κ3) is 4.16. The predicted octanol–water partition coefficient (Wildman–Crippen LogP) is -0.231. The van der Waals surface area contributed by atoms with E-state index in [2.05, 4.69) is 23.4 Å². The van der Waals surface area contributed by atoms with Crippen molar-refractivity contribution >= 4 is 11.8 Å². The summed E-state index contributed by atoms with van der Waals surface area (Å²) in [6.07, 6.45) is -3.41. The molecule has 4 unspecified atom stereocenters. The van der Waals surface area contributed by atoms with Gasteiger partial charge in [0, 0.05) is 23.4 Å². The molecule has 1 aromatic carbocycles. The molecule has 8 nitrogen and oxygen atoms in total. The van der Waals surface area contributed by atoms with Crippen LogP contribution in [0.2, 0.25) is 0 Å². The van der Waals surface area contributed by atoms with E-state index < -0.39 is 37.1 Å². The monoisotopic (exact) mass is 412 g/mol. The Morgan fingerprint density at radius 1 is 1.23 bits per heavy atom. The van der Waals surface area contributed by atoms with E-state index in [-0.39, 0.29) is 5.56 Å². The zero-order chi connectivity index (χ0) is 22.0. The van der Waals surface area contributed by atoms with Crippen LogP contribution < -0.4 is 11.3 Å². The van der Waals surface area contributed by atoms with Crippen molar-refractivity contribution in [3.8, 4) is 23.0 Å². The van der Waals surface area contributed by atoms with Crippen molar-refractivity contribution in [3.05, 3.63) is 58.0 Å². The average molecular weight is 412 g/mol. The second-order valence-corrected chi connectivity index (χ2v) is 7.14. The average Bonchev–Trinajstić information content (AvgIpc) is 2.72. The van der Waals surface area contributed by atoms with Gasteiger partial charge >= 0.3 is 0 Å². The first-order valence-corrected chi connectivity index (χ1v) is 9.34. The number of aliphatic hydroxyl groups is 4. The van der Waals surface area contributed by atoms with Gasteiger partial charge in [0.1, 0.15) is 30.5 Å². The molecular weight excluding hydrogens is 388 g/mol. The van der Waals surface area contributed by atoms with E-state index in [0.29, 0.717) is 16.8 Å². The molecule has 0 aliphatic carbocycles. The Morgan fingerprint density at radius 3 is 2.60 bits per heavy atom. The molecule has 2 aromatic rings. The van der Waals surface area contributed by atoms with Crippen LogP contribution in [0.5, 0.6) is 0 Å². The van der Waals surface area contributed by atoms with Gasteiger partial charge in [0.2, 0.25) is 5.56 Å². The number of hydrogen-bond acceptors (Lipinski definition) is 7. The van der Waals surface area contributed by atoms with Crippen LogP contribution in [0.15, 0.2) is 35.8 Å². The van der Waals surface area contributed by atoms with Crippen molar-refractivity contribution in [2.75, 3.05) is 12.3 Å². The van der Waals surface area contributed by atoms with Crippen LogP contribution in [0.3, 0.4) is 0 Å². The van der Waals surface area contributed by atoms with Crippen LogP contribution in [0.1, 0.15) is 16.7 Å². The SMILES string of the molecule is C=Cc1cc(-c2c[nH]c(=O)cc2C)cc(C#CC2OC(CO)[C@@H](O)C(O)C2O)c1N. The van der Waals surface area contributed by atoms with E-state index in [9.17, 15) is 25.2 Å². The topological polar surface area (TPSA) is 149 Å². The zero-order valence-electron chi connectivity index (χ0n) is 16.4. The Hall–Kier alpha value is -2.93. The summed E-state index contributed by atoms with van der Waals surface area (Å²) in [6.45, 7) is 5.04. The number of nitrogen functional groups attached to an aromatic ring is 1. The lowest BCUT2D eigenvalue weighted by molar-refractivity contribution is -0.214. The molecule has 0 radical (unpaired) electrons. The summed E-state index contributed by atoms with van der Waals surface area (Å²) in [5, 5.41) is 39.3. The first kappa shape index (κ1) is 21.8. The van der Waals surface area contributed by atoms with Gasteiger partial charge in [-0.1, -0.05) is 24.5 Å². The predicted molar refractivity (Wildman–Crippen MR) is 112 cm³/mol. The van der Waals surface area contributed by atoms with Crippen molar-refractivity contribution in [3.63, 3.8) is 0 Å². The van der Waals surface area contributed by atoms with Crippen molar-refractivity contribution in [1.29, 1.82) is 0 Å². The highest BCUT2D eigenvalue weighted by molar-refractivity contribution is 5.79. The van der Waals surface area contributed by atoms with Crippen LogP contribution in [0.4, 0.5) is 5.69 Å². The van der Waals surface area contributed by atoms with Gasteiger partial charge in [-0.2, -0.15) is 0 Å². The molecule has 30 heavy (non-hydrogen) atoms. The van der Waals surface area contributed by atoms with E-state index in [1.54, 1.807) is 18.3 Å². The van der Waals surface area contributed by atoms with E-state index in [0.717, 1.165) is 16.7 Å². The Kier molecular flexibility index (Phi) is 6.41. The van der Waals surface area contributed by atoms with E-state index in [4.69, 9.17) is 10.5 Å². The molecule has 8 heteroatoms. The maximum atomic E-state index is 11.5. The van der Waals surface area contributed by atoms with E-state index >= 15 is 0 Å². The van der Waals surface area contributed by atoms with Gasteiger partial charge in [0.15, 0.2) is 0 Å². The summed E-state index contributed by atoms with van der Waals surface area (Å²) in [5.74, 6) is 5.58. The summed E-state index contributed by atoms with van der Waals surface area (Å²) in [7, 11) is 0. The fourth-order valence-electron chi connectivity index (χ4n) is 3.36. The molecule has 1 aliphatic heterocycles. The highest BCUT2D eigenvalue weighted by Crippen LogP contribution is 2.29. The van der Waals surface area contributed by atoms with Crippen molar-refractivity contribution < 1.29 is 25.2 Å². The minimum Gasteiger partial charge on any atom is -0.397 e. The fraction of sp³-hybridized carbons (Fsp3) is 0.318. The van der Waals surface area contributed by atoms with Crippen molar-refractivity contribution in [1.82, 2.24) is 4.98 Å². The maximum Gasteiger partial charge on any atom is 0.248 e. The van der Waals surface area contributed by atoms with E-state index in [1.165, 1.54) is 6.07 Å². The zero-order valence-corrected chi connectivity index (χ0v) is 16.4. The Labute approximate surface area is 173 Å². The van der Waals surface area contributed by atoms with Crippen molar-refractivity contribution in [2.24, 2.45) is 0 Å². The number of aromatic amines is 1. The molecule has 5 atom stereocenters. The lowest BCUT2D eigenvalue weighted by atomic mass is 9.94. The number of benzene rings is 1. The summed E-state index contributed by atoms with van der Waals surface area (Å²) in [4.78, 5) is 14.2. The minimum atomic E-state index is -1.51. The number of ether oxygens (including phenoxy) is 1. The number of aliphatic hydroxyl groups excluding tert-OH is 4. The Balaban J connectivity index is 2.03. The second kappa shape index (κ2) is 8.83. The minimum absolute atomic E-state index is 0.210. The van der Waals surface area contributed by atoms with Crippen LogP contribution in [-0.4, -0.2) is 62.5 Å². The van der Waals surface area contributed by atoms with Crippen LogP contribution in [0.25, 0.3) is 17.2 Å². The van der Waals surface area contributed by atoms with Gasteiger partial charge in [-0.05, 0) is 35.7 Å². The molecule has 158 valence electrons. The number of H-pyrrole nitrogens is 1. The quantitative estimate of drug-likeness (QED) is 0.301. The number of nitrogens with two attached hydrogens (primary N) is 1. The van der Waals surface area contributed by atoms with Gasteiger partial charge in [-0.3, -0.25) is 4.79 Å². The van der Waals surface area contributed by atoms with Crippen LogP contribution in [-0.2, 0) is 4.74 Å². The lowest BCUT2D eigenvalue weighted by Gasteiger charge is -2.37. The van der Waals surface area contributed by atoms with Gasteiger partial charge in [-0.25, -0.2) is 0 Å². The highest BCUT2D eigenvalue weighted by Gasteiger charge is 2.42. The summed E-state index contributed by atoms with van der Waals surface area (Å²) >= 11 is 0. The molecular formula is C22H24N2O6. The number of nitrogens with one attached hydrogen (secondary N) is 1. The van der Waals surface area contributed by atoms with Gasteiger partial charge in [0.25, 0.3) is 0 Å². The largest absolute Gasteiger partial charge is 0.397 e. The molecule has 2 heterocycles. The van der Waals surface area contributed by atoms with Crippen LogP contribution >= 0.6 is 0 Å². The number of anilines is 1. The number of rotatable bonds is 3. The fourth-order valence-corrected chi connectivity index (χ4v) is 3.36. The Bertz CT molecular complexity index is 1070. The molecule has 3 rings (SSSR count). The number of pyridine rings is 1. The molecule has 0 bridgehead atoms. The molecule has 0 amide bonds. The molecule has 1 saturated heterocycles. The third-order valence-corrected chi connectivity index (χ3v) is 5.12. The number of hydrogen-bond donors (Lipinski definition) is 6. The first-order valence-electron chi connectivity index (χ1n) is 9.34. The smallest absolute Gasteiger partial charge is 0.248 e. The van der Waals surface area contributed by atoms with Gasteiger partial charge < -0.3 is 35.9 Å². The first-order chi connectivity index (χ1) is 14.3. The normalized spacial score (nSPS) is 26.0. The molecule has 1 fully saturated rings. The summed E-state index contributed by atoms with van der Waals surface area (Å²) < 4.78 is 5.41. The van der Waals surface area contributed by atoms with Gasteiger partial charge in [-0.15, -0.1) is 0 Å². The molecule has 7 N–H and O–H groups in total. The van der Waals surface area contributed by atoms with Crippen LogP contribution in [0, 0.1) is 18.8 Å². The van der Waals surface area contributed by atoms with Crippen molar-refractivity contribution in [2.45, 2.75) is 37.4 Å². The molecule has 1 aliphatic rings. The highest BCUT2D eigenvalue weighted by atomic mass is 16.5. The number of aromatic nitrogens is 1. The van der Waals surface area contributed by atoms with E-state index in [1.807, 2.05) is 13.0 Å². The molecule has 0 saturated carbocycles. The van der Waals surface area contributed by atoms with Gasteiger partial charge in [0.05, 0.1) is 12.3 Å². The molecule has 0 spiro atoms. The summed E-state index contributed by atoms with van der Waals surface area (Å²) in [6, 6.07) is 5.04. The number of aryl methyl sites for hydroxylation is 1. The second-order valence-electron chi connectivity index (χ2n) is 7.14.